The molecule has 7 heteroatoms. The molecular weight excluding hydrogens is 412 g/mol. The van der Waals surface area contributed by atoms with Crippen molar-refractivity contribution in [2.24, 2.45) is 0 Å². The molecule has 130 valence electrons. The Labute approximate surface area is 158 Å². The molecule has 2 aromatic carbocycles. The van der Waals surface area contributed by atoms with Crippen molar-refractivity contribution < 1.29 is 23.7 Å². The molecule has 0 N–H and O–H groups in total. The second-order valence-corrected chi connectivity index (χ2v) is 6.40. The van der Waals surface area contributed by atoms with E-state index in [1.165, 1.54) is 6.08 Å². The maximum atomic E-state index is 12.0. The van der Waals surface area contributed by atoms with E-state index in [1.807, 2.05) is 0 Å². The van der Waals surface area contributed by atoms with Gasteiger partial charge in [-0.15, -0.1) is 0 Å². The van der Waals surface area contributed by atoms with Gasteiger partial charge in [-0.2, -0.15) is 0 Å². The van der Waals surface area contributed by atoms with Gasteiger partial charge in [-0.1, -0.05) is 27.5 Å². The molecule has 0 atom stereocenters. The van der Waals surface area contributed by atoms with Crippen LogP contribution in [0.5, 0.6) is 23.0 Å². The highest BCUT2D eigenvalue weighted by Crippen LogP contribution is 2.40. The second kappa shape index (κ2) is 7.80. The highest BCUT2D eigenvalue weighted by Gasteiger charge is 2.17. The molecule has 5 nitrogen and oxygen atoms in total. The van der Waals surface area contributed by atoms with Gasteiger partial charge in [0.05, 0.1) is 12.1 Å². The first kappa shape index (κ1) is 17.6. The lowest BCUT2D eigenvalue weighted by Crippen LogP contribution is -2.16. The Morgan fingerprint density at radius 3 is 2.76 bits per heavy atom. The van der Waals surface area contributed by atoms with Crippen LogP contribution in [0.15, 0.2) is 40.9 Å². The molecule has 3 rings (SSSR count). The number of fused-ring (bicyclic) bond motifs is 1. The summed E-state index contributed by atoms with van der Waals surface area (Å²) in [6, 6.07) is 8.53. The van der Waals surface area contributed by atoms with E-state index in [2.05, 4.69) is 15.9 Å². The first-order valence-corrected chi connectivity index (χ1v) is 8.56. The van der Waals surface area contributed by atoms with Gasteiger partial charge in [-0.25, -0.2) is 4.79 Å². The summed E-state index contributed by atoms with van der Waals surface area (Å²) in [6.45, 7) is 0.937. The van der Waals surface area contributed by atoms with Crippen LogP contribution in [-0.4, -0.2) is 26.3 Å². The number of methoxy groups -OCH3 is 1. The summed E-state index contributed by atoms with van der Waals surface area (Å²) in [5.74, 6) is 1.43. The molecule has 0 radical (unpaired) electrons. The lowest BCUT2D eigenvalue weighted by molar-refractivity contribution is -0.128. The molecule has 0 spiro atoms. The molecule has 0 fully saturated rings. The van der Waals surface area contributed by atoms with Crippen LogP contribution in [0.25, 0.3) is 6.08 Å². The number of benzene rings is 2. The van der Waals surface area contributed by atoms with Crippen molar-refractivity contribution in [1.29, 1.82) is 0 Å². The molecule has 1 aliphatic heterocycles. The summed E-state index contributed by atoms with van der Waals surface area (Å²) in [4.78, 5) is 12.0. The van der Waals surface area contributed by atoms with Gasteiger partial charge in [-0.3, -0.25) is 0 Å². The molecule has 0 saturated carbocycles. The summed E-state index contributed by atoms with van der Waals surface area (Å²) in [5, 5.41) is 0.345. The van der Waals surface area contributed by atoms with Crippen LogP contribution in [0.2, 0.25) is 5.02 Å². The number of hydrogen-bond acceptors (Lipinski definition) is 5. The predicted octanol–water partition coefficient (Wildman–Crippen LogP) is 4.50. The normalized spacial score (nSPS) is 12.9. The van der Waals surface area contributed by atoms with Crippen molar-refractivity contribution in [3.05, 3.63) is 51.5 Å². The number of rotatable bonds is 4. The average molecular weight is 426 g/mol. The fourth-order valence-electron chi connectivity index (χ4n) is 2.25. The largest absolute Gasteiger partial charge is 0.493 e. The molecule has 0 unspecified atom stereocenters. The topological polar surface area (TPSA) is 54.0 Å². The maximum absolute atomic E-state index is 12.0. The smallest absolute Gasteiger partial charge is 0.336 e. The number of hydrogen-bond donors (Lipinski definition) is 0. The van der Waals surface area contributed by atoms with E-state index < -0.39 is 5.97 Å². The third-order valence-electron chi connectivity index (χ3n) is 3.37. The van der Waals surface area contributed by atoms with Crippen molar-refractivity contribution in [2.75, 3.05) is 20.3 Å². The lowest BCUT2D eigenvalue weighted by atomic mass is 10.1. The van der Waals surface area contributed by atoms with Gasteiger partial charge in [0, 0.05) is 10.5 Å². The molecule has 0 saturated heterocycles. The molecule has 0 aromatic heterocycles. The SMILES string of the molecule is COc1cc(/C=C/C(=O)Oc2ccc(Br)cc2Cl)cc2c1OCCO2. The van der Waals surface area contributed by atoms with Crippen molar-refractivity contribution >= 4 is 39.6 Å². The van der Waals surface area contributed by atoms with E-state index in [9.17, 15) is 4.79 Å². The van der Waals surface area contributed by atoms with Crippen LogP contribution >= 0.6 is 27.5 Å². The summed E-state index contributed by atoms with van der Waals surface area (Å²) >= 11 is 9.33. The number of halogens is 2. The van der Waals surface area contributed by atoms with E-state index >= 15 is 0 Å². The molecule has 0 aliphatic carbocycles. The average Bonchev–Trinajstić information content (AvgIpc) is 2.61. The number of carbonyl (C=O) groups excluding carboxylic acids is 1. The second-order valence-electron chi connectivity index (χ2n) is 5.08. The molecule has 2 aromatic rings. The van der Waals surface area contributed by atoms with Gasteiger partial charge in [0.15, 0.2) is 11.5 Å². The molecular formula is C18H14BrClO5. The Bertz CT molecular complexity index is 817. The minimum atomic E-state index is -0.543. The quantitative estimate of drug-likeness (QED) is 0.410. The van der Waals surface area contributed by atoms with Crippen LogP contribution in [0.4, 0.5) is 0 Å². The third kappa shape index (κ3) is 4.27. The Hall–Kier alpha value is -2.18. The van der Waals surface area contributed by atoms with Gasteiger partial charge >= 0.3 is 5.97 Å². The molecule has 1 heterocycles. The molecule has 0 amide bonds. The van der Waals surface area contributed by atoms with Crippen molar-refractivity contribution in [3.8, 4) is 23.0 Å². The highest BCUT2D eigenvalue weighted by atomic mass is 79.9. The van der Waals surface area contributed by atoms with Crippen LogP contribution < -0.4 is 18.9 Å². The monoisotopic (exact) mass is 424 g/mol. The predicted molar refractivity (Wildman–Crippen MR) is 97.8 cm³/mol. The summed E-state index contributed by atoms with van der Waals surface area (Å²) in [5.41, 5.74) is 0.722. The van der Waals surface area contributed by atoms with E-state index in [0.29, 0.717) is 41.2 Å². The van der Waals surface area contributed by atoms with Gasteiger partial charge in [0.2, 0.25) is 5.75 Å². The van der Waals surface area contributed by atoms with Gasteiger partial charge < -0.3 is 18.9 Å². The Kier molecular flexibility index (Phi) is 5.50. The Balaban J connectivity index is 1.76. The molecule has 25 heavy (non-hydrogen) atoms. The van der Waals surface area contributed by atoms with E-state index in [0.717, 1.165) is 10.0 Å². The summed E-state index contributed by atoms with van der Waals surface area (Å²) in [6.07, 6.45) is 2.92. The first-order valence-electron chi connectivity index (χ1n) is 7.39. The number of carbonyl (C=O) groups is 1. The third-order valence-corrected chi connectivity index (χ3v) is 4.16. The van der Waals surface area contributed by atoms with Crippen LogP contribution in [-0.2, 0) is 4.79 Å². The Morgan fingerprint density at radius 2 is 2.00 bits per heavy atom. The van der Waals surface area contributed by atoms with Gasteiger partial charge in [0.25, 0.3) is 0 Å². The first-order chi connectivity index (χ1) is 12.1. The van der Waals surface area contributed by atoms with E-state index in [4.69, 9.17) is 30.5 Å². The fourth-order valence-corrected chi connectivity index (χ4v) is 2.97. The molecule has 0 bridgehead atoms. The Morgan fingerprint density at radius 1 is 1.20 bits per heavy atom. The van der Waals surface area contributed by atoms with Crippen molar-refractivity contribution in [2.45, 2.75) is 0 Å². The van der Waals surface area contributed by atoms with E-state index in [1.54, 1.807) is 43.5 Å². The van der Waals surface area contributed by atoms with Crippen LogP contribution in [0.3, 0.4) is 0 Å². The van der Waals surface area contributed by atoms with Gasteiger partial charge in [-0.05, 0) is 42.0 Å². The minimum absolute atomic E-state index is 0.291. The number of esters is 1. The van der Waals surface area contributed by atoms with E-state index in [-0.39, 0.29) is 0 Å². The highest BCUT2D eigenvalue weighted by molar-refractivity contribution is 9.10. The minimum Gasteiger partial charge on any atom is -0.493 e. The maximum Gasteiger partial charge on any atom is 0.336 e. The van der Waals surface area contributed by atoms with Crippen LogP contribution in [0, 0.1) is 0 Å². The van der Waals surface area contributed by atoms with Gasteiger partial charge in [0.1, 0.15) is 19.0 Å². The standard InChI is InChI=1S/C18H14BrClO5/c1-22-15-8-11(9-16-18(15)24-7-6-23-16)2-5-17(21)25-14-4-3-12(19)10-13(14)20/h2-5,8-10H,6-7H2,1H3/b5-2+. The van der Waals surface area contributed by atoms with Crippen LogP contribution in [0.1, 0.15) is 5.56 Å². The fraction of sp³-hybridized carbons (Fsp3) is 0.167. The zero-order valence-electron chi connectivity index (χ0n) is 13.3. The summed E-state index contributed by atoms with van der Waals surface area (Å²) < 4.78 is 22.4. The van der Waals surface area contributed by atoms with Crippen molar-refractivity contribution in [1.82, 2.24) is 0 Å². The zero-order valence-corrected chi connectivity index (χ0v) is 15.6. The summed E-state index contributed by atoms with van der Waals surface area (Å²) in [7, 11) is 1.55. The number of ether oxygens (including phenoxy) is 4. The van der Waals surface area contributed by atoms with Crippen molar-refractivity contribution in [3.63, 3.8) is 0 Å². The molecule has 1 aliphatic rings. The lowest BCUT2D eigenvalue weighted by Gasteiger charge is -2.20. The zero-order chi connectivity index (χ0) is 17.8.